The fourth-order valence-electron chi connectivity index (χ4n) is 4.60. The molecule has 1 saturated heterocycles. The Hall–Kier alpha value is -3.36. The van der Waals surface area contributed by atoms with E-state index in [-0.39, 0.29) is 5.91 Å². The molecular formula is C27H32N4O4. The highest BCUT2D eigenvalue weighted by Gasteiger charge is 2.20. The quantitative estimate of drug-likeness (QED) is 0.433. The van der Waals surface area contributed by atoms with Crippen molar-refractivity contribution in [2.75, 3.05) is 38.2 Å². The van der Waals surface area contributed by atoms with Crippen molar-refractivity contribution in [3.63, 3.8) is 0 Å². The van der Waals surface area contributed by atoms with Gasteiger partial charge in [0.05, 0.1) is 25.5 Å². The first-order valence-electron chi connectivity index (χ1n) is 12.2. The number of amides is 1. The smallest absolute Gasteiger partial charge is 0.251 e. The van der Waals surface area contributed by atoms with Crippen molar-refractivity contribution < 1.29 is 18.7 Å². The van der Waals surface area contributed by atoms with Crippen LogP contribution in [-0.4, -0.2) is 54.7 Å². The van der Waals surface area contributed by atoms with Crippen molar-refractivity contribution in [2.24, 2.45) is 0 Å². The van der Waals surface area contributed by atoms with Crippen LogP contribution in [0.15, 0.2) is 53.4 Å². The summed E-state index contributed by atoms with van der Waals surface area (Å²) in [4.78, 5) is 19.0. The molecule has 35 heavy (non-hydrogen) atoms. The Morgan fingerprint density at radius 3 is 2.97 bits per heavy atom. The van der Waals surface area contributed by atoms with E-state index in [4.69, 9.17) is 13.9 Å². The topological polar surface area (TPSA) is 88.9 Å². The lowest BCUT2D eigenvalue weighted by Crippen LogP contribution is -2.40. The lowest BCUT2D eigenvalue weighted by molar-refractivity contribution is 0.0211. The number of ether oxygens (including phenoxy) is 2. The van der Waals surface area contributed by atoms with E-state index in [1.54, 1.807) is 6.20 Å². The van der Waals surface area contributed by atoms with Gasteiger partial charge in [0.1, 0.15) is 12.4 Å². The molecule has 8 nitrogen and oxygen atoms in total. The highest BCUT2D eigenvalue weighted by atomic mass is 16.5. The number of nitrogens with one attached hydrogen (secondary N) is 2. The van der Waals surface area contributed by atoms with Crippen LogP contribution in [0.4, 0.5) is 5.69 Å². The van der Waals surface area contributed by atoms with Gasteiger partial charge in [-0.15, -0.1) is 0 Å². The molecular weight excluding hydrogens is 444 g/mol. The number of carbonyl (C=O) groups is 1. The Bertz CT molecular complexity index is 1140. The first-order chi connectivity index (χ1) is 17.2. The minimum absolute atomic E-state index is 0.0315. The Balaban J connectivity index is 1.07. The molecule has 0 unspecified atom stereocenters. The number of rotatable bonds is 10. The summed E-state index contributed by atoms with van der Waals surface area (Å²) >= 11 is 0. The molecule has 0 atom stereocenters. The molecule has 0 bridgehead atoms. The Kier molecular flexibility index (Phi) is 7.30. The third kappa shape index (κ3) is 5.83. The van der Waals surface area contributed by atoms with Gasteiger partial charge in [-0.2, -0.15) is 0 Å². The summed E-state index contributed by atoms with van der Waals surface area (Å²) in [5.74, 6) is 1.58. The number of oxazole rings is 1. The van der Waals surface area contributed by atoms with Crippen molar-refractivity contribution in [1.29, 1.82) is 0 Å². The molecule has 0 spiro atoms. The van der Waals surface area contributed by atoms with E-state index in [2.05, 4.69) is 39.6 Å². The monoisotopic (exact) mass is 476 g/mol. The Morgan fingerprint density at radius 2 is 2.17 bits per heavy atom. The summed E-state index contributed by atoms with van der Waals surface area (Å²) in [5, 5.41) is 6.45. The van der Waals surface area contributed by atoms with Gasteiger partial charge in [0, 0.05) is 37.4 Å². The Morgan fingerprint density at radius 1 is 1.26 bits per heavy atom. The number of benzene rings is 2. The van der Waals surface area contributed by atoms with Gasteiger partial charge in [-0.3, -0.25) is 9.69 Å². The fraction of sp³-hybridized carbons (Fsp3) is 0.407. The van der Waals surface area contributed by atoms with Gasteiger partial charge < -0.3 is 24.5 Å². The van der Waals surface area contributed by atoms with Crippen LogP contribution in [0.3, 0.4) is 0 Å². The number of aromatic nitrogens is 1. The fourth-order valence-corrected chi connectivity index (χ4v) is 4.60. The second kappa shape index (κ2) is 10.9. The molecule has 2 N–H and O–H groups in total. The van der Waals surface area contributed by atoms with E-state index in [0.29, 0.717) is 30.5 Å². The molecule has 2 aliphatic rings. The second-order valence-corrected chi connectivity index (χ2v) is 9.18. The highest BCUT2D eigenvalue weighted by molar-refractivity contribution is 5.95. The Labute approximate surface area is 205 Å². The van der Waals surface area contributed by atoms with Crippen LogP contribution in [0.5, 0.6) is 5.75 Å². The minimum atomic E-state index is -0.0315. The number of hydrogen-bond acceptors (Lipinski definition) is 7. The standard InChI is InChI=1S/C27H32N4O4/c1-19-25-8-11-31(14-21(25)6-7-26(19)34-17-24-13-28-18-35-24)10-3-9-29-27(32)20-4-2-5-22(12-20)30-23-15-33-16-23/h2,4-7,12-13,18,23,30H,3,8-11,14-17H2,1H3,(H,29,32). The zero-order valence-electron chi connectivity index (χ0n) is 20.1. The number of carbonyl (C=O) groups excluding carboxylic acids is 1. The zero-order chi connectivity index (χ0) is 24.0. The maximum atomic E-state index is 12.6. The molecule has 8 heteroatoms. The van der Waals surface area contributed by atoms with E-state index >= 15 is 0 Å². The predicted octanol–water partition coefficient (Wildman–Crippen LogP) is 3.55. The van der Waals surface area contributed by atoms with Crippen LogP contribution in [0, 0.1) is 6.92 Å². The SMILES string of the molecule is Cc1c(OCc2cnco2)ccc2c1CCN(CCCNC(=O)c1cccc(NC3COC3)c1)C2. The lowest BCUT2D eigenvalue weighted by Gasteiger charge is -2.30. The molecule has 1 fully saturated rings. The van der Waals surface area contributed by atoms with E-state index in [0.717, 1.165) is 57.1 Å². The van der Waals surface area contributed by atoms with E-state index < -0.39 is 0 Å². The largest absolute Gasteiger partial charge is 0.485 e. The van der Waals surface area contributed by atoms with Gasteiger partial charge in [0.25, 0.3) is 5.91 Å². The molecule has 0 radical (unpaired) electrons. The molecule has 2 aromatic carbocycles. The van der Waals surface area contributed by atoms with Crippen molar-refractivity contribution in [3.05, 3.63) is 77.0 Å². The molecule has 0 saturated carbocycles. The van der Waals surface area contributed by atoms with Crippen LogP contribution < -0.4 is 15.4 Å². The van der Waals surface area contributed by atoms with Crippen molar-refractivity contribution in [2.45, 2.75) is 39.0 Å². The first kappa shape index (κ1) is 23.4. The van der Waals surface area contributed by atoms with Crippen molar-refractivity contribution >= 4 is 11.6 Å². The minimum Gasteiger partial charge on any atom is -0.485 e. The van der Waals surface area contributed by atoms with E-state index in [1.165, 1.54) is 23.1 Å². The third-order valence-electron chi connectivity index (χ3n) is 6.64. The van der Waals surface area contributed by atoms with Crippen molar-refractivity contribution in [1.82, 2.24) is 15.2 Å². The number of nitrogens with zero attached hydrogens (tertiary/aromatic N) is 2. The zero-order valence-corrected chi connectivity index (χ0v) is 20.1. The van der Waals surface area contributed by atoms with Gasteiger partial charge in [0.2, 0.25) is 0 Å². The van der Waals surface area contributed by atoms with Crippen LogP contribution >= 0.6 is 0 Å². The highest BCUT2D eigenvalue weighted by Crippen LogP contribution is 2.29. The normalized spacial score (nSPS) is 15.8. The van der Waals surface area contributed by atoms with Gasteiger partial charge in [0.15, 0.2) is 12.2 Å². The van der Waals surface area contributed by atoms with Crippen LogP contribution in [0.25, 0.3) is 0 Å². The summed E-state index contributed by atoms with van der Waals surface area (Å²) < 4.78 is 16.4. The number of hydrogen-bond donors (Lipinski definition) is 2. The summed E-state index contributed by atoms with van der Waals surface area (Å²) in [7, 11) is 0. The summed E-state index contributed by atoms with van der Waals surface area (Å²) in [6, 6.07) is 12.2. The number of fused-ring (bicyclic) bond motifs is 1. The summed E-state index contributed by atoms with van der Waals surface area (Å²) in [6.07, 6.45) is 5.00. The van der Waals surface area contributed by atoms with E-state index in [9.17, 15) is 4.79 Å². The van der Waals surface area contributed by atoms with Crippen LogP contribution in [0.1, 0.15) is 39.2 Å². The maximum Gasteiger partial charge on any atom is 0.251 e. The molecule has 1 amide bonds. The molecule has 2 aliphatic heterocycles. The number of anilines is 1. The lowest BCUT2D eigenvalue weighted by atomic mass is 9.94. The van der Waals surface area contributed by atoms with Gasteiger partial charge in [-0.05, 0) is 60.7 Å². The predicted molar refractivity (Wildman–Crippen MR) is 133 cm³/mol. The molecule has 3 heterocycles. The third-order valence-corrected chi connectivity index (χ3v) is 6.64. The molecule has 3 aromatic rings. The molecule has 5 rings (SSSR count). The molecule has 184 valence electrons. The summed E-state index contributed by atoms with van der Waals surface area (Å²) in [5.41, 5.74) is 5.58. The van der Waals surface area contributed by atoms with Gasteiger partial charge >= 0.3 is 0 Å². The van der Waals surface area contributed by atoms with Gasteiger partial charge in [-0.25, -0.2) is 4.98 Å². The molecule has 0 aliphatic carbocycles. The second-order valence-electron chi connectivity index (χ2n) is 9.18. The van der Waals surface area contributed by atoms with Crippen LogP contribution in [0.2, 0.25) is 0 Å². The van der Waals surface area contributed by atoms with Crippen LogP contribution in [-0.2, 0) is 24.3 Å². The average Bonchev–Trinajstić information content (AvgIpc) is 3.37. The maximum absolute atomic E-state index is 12.6. The first-order valence-corrected chi connectivity index (χ1v) is 12.2. The average molecular weight is 477 g/mol. The molecule has 1 aromatic heterocycles. The van der Waals surface area contributed by atoms with Gasteiger partial charge in [-0.1, -0.05) is 12.1 Å². The van der Waals surface area contributed by atoms with Crippen molar-refractivity contribution in [3.8, 4) is 5.75 Å². The summed E-state index contributed by atoms with van der Waals surface area (Å²) in [6.45, 7) is 7.48. The van der Waals surface area contributed by atoms with E-state index in [1.807, 2.05) is 24.3 Å².